The molecule has 2 aromatic carbocycles. The van der Waals surface area contributed by atoms with Crippen LogP contribution in [0.2, 0.25) is 0 Å². The van der Waals surface area contributed by atoms with Gasteiger partial charge in [-0.3, -0.25) is 4.79 Å². The number of carbonyl (C=O) groups is 1. The molecule has 2 rings (SSSR count). The van der Waals surface area contributed by atoms with Gasteiger partial charge in [-0.15, -0.1) is 0 Å². The van der Waals surface area contributed by atoms with E-state index in [9.17, 15) is 4.79 Å². The van der Waals surface area contributed by atoms with Crippen LogP contribution in [0, 0.1) is 13.8 Å². The normalized spacial score (nSPS) is 13.8. The van der Waals surface area contributed by atoms with Gasteiger partial charge in [-0.2, -0.15) is 0 Å². The third kappa shape index (κ3) is 5.35. The van der Waals surface area contributed by atoms with Crippen molar-refractivity contribution in [1.82, 2.24) is 5.32 Å². The summed E-state index contributed by atoms with van der Waals surface area (Å²) in [6.45, 7) is 14.4. The maximum absolute atomic E-state index is 12.5. The van der Waals surface area contributed by atoms with E-state index in [-0.39, 0.29) is 17.4 Å². The molecule has 0 radical (unpaired) electrons. The van der Waals surface area contributed by atoms with Crippen molar-refractivity contribution in [1.29, 1.82) is 0 Å². The Labute approximate surface area is 157 Å². The molecule has 140 valence electrons. The largest absolute Gasteiger partial charge is 0.481 e. The van der Waals surface area contributed by atoms with Crippen LogP contribution in [0.1, 0.15) is 62.9 Å². The van der Waals surface area contributed by atoms with Gasteiger partial charge in [-0.05, 0) is 67.5 Å². The Kier molecular flexibility index (Phi) is 6.12. The van der Waals surface area contributed by atoms with E-state index in [2.05, 4.69) is 56.4 Å². The highest BCUT2D eigenvalue weighted by Crippen LogP contribution is 2.24. The van der Waals surface area contributed by atoms with Crippen LogP contribution in [0.5, 0.6) is 5.75 Å². The highest BCUT2D eigenvalue weighted by atomic mass is 16.5. The van der Waals surface area contributed by atoms with Crippen molar-refractivity contribution >= 4 is 5.91 Å². The lowest BCUT2D eigenvalue weighted by Crippen LogP contribution is -2.37. The van der Waals surface area contributed by atoms with E-state index in [0.29, 0.717) is 0 Å². The van der Waals surface area contributed by atoms with E-state index in [4.69, 9.17) is 4.74 Å². The van der Waals surface area contributed by atoms with E-state index in [1.165, 1.54) is 5.56 Å². The zero-order valence-electron chi connectivity index (χ0n) is 17.0. The smallest absolute Gasteiger partial charge is 0.261 e. The highest BCUT2D eigenvalue weighted by molar-refractivity contribution is 5.81. The highest BCUT2D eigenvalue weighted by Gasteiger charge is 2.19. The van der Waals surface area contributed by atoms with Gasteiger partial charge >= 0.3 is 0 Å². The van der Waals surface area contributed by atoms with Gasteiger partial charge in [-0.1, -0.05) is 51.1 Å². The van der Waals surface area contributed by atoms with Gasteiger partial charge in [0, 0.05) is 0 Å². The van der Waals surface area contributed by atoms with Crippen molar-refractivity contribution in [3.05, 3.63) is 64.7 Å². The number of ether oxygens (including phenoxy) is 1. The summed E-state index contributed by atoms with van der Waals surface area (Å²) in [5, 5.41) is 3.04. The Bertz CT molecular complexity index is 737. The predicted octanol–water partition coefficient (Wildman–Crippen LogP) is 5.25. The van der Waals surface area contributed by atoms with Gasteiger partial charge in [0.1, 0.15) is 5.75 Å². The maximum Gasteiger partial charge on any atom is 0.261 e. The van der Waals surface area contributed by atoms with E-state index in [0.717, 1.165) is 22.4 Å². The molecule has 1 amide bonds. The summed E-state index contributed by atoms with van der Waals surface area (Å²) in [4.78, 5) is 12.5. The number of hydrogen-bond donors (Lipinski definition) is 1. The molecule has 0 saturated heterocycles. The quantitative estimate of drug-likeness (QED) is 0.798. The minimum atomic E-state index is -0.549. The fourth-order valence-electron chi connectivity index (χ4n) is 2.94. The van der Waals surface area contributed by atoms with Gasteiger partial charge in [-0.25, -0.2) is 0 Å². The molecule has 3 nitrogen and oxygen atoms in total. The summed E-state index contributed by atoms with van der Waals surface area (Å²) in [5.41, 5.74) is 4.75. The van der Waals surface area contributed by atoms with Crippen LogP contribution < -0.4 is 10.1 Å². The predicted molar refractivity (Wildman–Crippen MR) is 108 cm³/mol. The molecule has 0 saturated carbocycles. The molecular formula is C23H31NO2. The molecule has 0 unspecified atom stereocenters. The summed E-state index contributed by atoms with van der Waals surface area (Å²) >= 11 is 0. The molecule has 0 spiro atoms. The second-order valence-electron chi connectivity index (χ2n) is 8.19. The Balaban J connectivity index is 1.99. The number of aryl methyl sites for hydroxylation is 2. The molecule has 0 bridgehead atoms. The monoisotopic (exact) mass is 353 g/mol. The molecule has 0 aliphatic carbocycles. The lowest BCUT2D eigenvalue weighted by atomic mass is 9.86. The van der Waals surface area contributed by atoms with Crippen LogP contribution in [0.4, 0.5) is 0 Å². The molecule has 0 heterocycles. The van der Waals surface area contributed by atoms with Crippen LogP contribution in [-0.2, 0) is 10.2 Å². The van der Waals surface area contributed by atoms with Crippen molar-refractivity contribution < 1.29 is 9.53 Å². The average Bonchev–Trinajstić information content (AvgIpc) is 2.53. The number of hydrogen-bond acceptors (Lipinski definition) is 2. The third-order valence-electron chi connectivity index (χ3n) is 4.51. The van der Waals surface area contributed by atoms with E-state index in [1.807, 2.05) is 32.9 Å². The van der Waals surface area contributed by atoms with Crippen LogP contribution in [-0.4, -0.2) is 12.0 Å². The van der Waals surface area contributed by atoms with Crippen LogP contribution in [0.15, 0.2) is 42.5 Å². The summed E-state index contributed by atoms with van der Waals surface area (Å²) in [6.07, 6.45) is -0.549. The lowest BCUT2D eigenvalue weighted by molar-refractivity contribution is -0.127. The van der Waals surface area contributed by atoms with Crippen LogP contribution in [0.3, 0.4) is 0 Å². The molecule has 26 heavy (non-hydrogen) atoms. The first-order valence-corrected chi connectivity index (χ1v) is 9.22. The number of carbonyl (C=O) groups excluding carboxylic acids is 1. The summed E-state index contributed by atoms with van der Waals surface area (Å²) in [5.74, 6) is 0.615. The van der Waals surface area contributed by atoms with Gasteiger partial charge in [0.25, 0.3) is 5.91 Å². The van der Waals surface area contributed by atoms with Crippen molar-refractivity contribution in [2.24, 2.45) is 0 Å². The van der Waals surface area contributed by atoms with Crippen molar-refractivity contribution in [2.45, 2.75) is 66.0 Å². The zero-order valence-corrected chi connectivity index (χ0v) is 17.0. The van der Waals surface area contributed by atoms with Crippen molar-refractivity contribution in [2.75, 3.05) is 0 Å². The third-order valence-corrected chi connectivity index (χ3v) is 4.51. The second kappa shape index (κ2) is 7.94. The molecule has 0 aliphatic heterocycles. The van der Waals surface area contributed by atoms with Crippen molar-refractivity contribution in [3.63, 3.8) is 0 Å². The fraction of sp³-hybridized carbons (Fsp3) is 0.435. The van der Waals surface area contributed by atoms with Gasteiger partial charge in [0.05, 0.1) is 6.04 Å². The molecule has 2 aromatic rings. The van der Waals surface area contributed by atoms with Crippen LogP contribution in [0.25, 0.3) is 0 Å². The first kappa shape index (κ1) is 20.0. The summed E-state index contributed by atoms with van der Waals surface area (Å²) in [7, 11) is 0. The molecule has 2 atom stereocenters. The number of benzene rings is 2. The average molecular weight is 354 g/mol. The molecule has 3 heteroatoms. The molecule has 0 aromatic heterocycles. The van der Waals surface area contributed by atoms with Gasteiger partial charge < -0.3 is 10.1 Å². The Hall–Kier alpha value is -2.29. The Morgan fingerprint density at radius 2 is 1.50 bits per heavy atom. The first-order chi connectivity index (χ1) is 12.1. The number of amides is 1. The molecule has 1 N–H and O–H groups in total. The Morgan fingerprint density at radius 1 is 0.962 bits per heavy atom. The molecular weight excluding hydrogens is 322 g/mol. The van der Waals surface area contributed by atoms with Gasteiger partial charge in [0.15, 0.2) is 6.10 Å². The zero-order chi connectivity index (χ0) is 19.5. The topological polar surface area (TPSA) is 38.3 Å². The lowest BCUT2D eigenvalue weighted by Gasteiger charge is -2.22. The standard InChI is InChI=1S/C23H31NO2/c1-15-12-16(2)14-21(13-15)26-18(4)22(25)24-17(3)19-8-10-20(11-9-19)23(5,6)7/h8-14,17-18H,1-7H3,(H,24,25)/t17-,18+/m0/s1. The van der Waals surface area contributed by atoms with E-state index >= 15 is 0 Å². The van der Waals surface area contributed by atoms with Crippen LogP contribution >= 0.6 is 0 Å². The SMILES string of the molecule is Cc1cc(C)cc(O[C@H](C)C(=O)N[C@@H](C)c2ccc(C(C)(C)C)cc2)c1. The van der Waals surface area contributed by atoms with E-state index in [1.54, 1.807) is 6.92 Å². The number of rotatable bonds is 5. The fourth-order valence-corrected chi connectivity index (χ4v) is 2.94. The van der Waals surface area contributed by atoms with Gasteiger partial charge in [0.2, 0.25) is 0 Å². The molecule has 0 fully saturated rings. The summed E-state index contributed by atoms with van der Waals surface area (Å²) < 4.78 is 5.83. The Morgan fingerprint density at radius 3 is 2.00 bits per heavy atom. The molecule has 0 aliphatic rings. The van der Waals surface area contributed by atoms with E-state index < -0.39 is 6.10 Å². The minimum Gasteiger partial charge on any atom is -0.481 e. The second-order valence-corrected chi connectivity index (χ2v) is 8.19. The van der Waals surface area contributed by atoms with Crippen molar-refractivity contribution in [3.8, 4) is 5.75 Å². The minimum absolute atomic E-state index is 0.0678. The maximum atomic E-state index is 12.5. The number of nitrogens with one attached hydrogen (secondary N) is 1. The summed E-state index contributed by atoms with van der Waals surface area (Å²) in [6, 6.07) is 14.3. The first-order valence-electron chi connectivity index (χ1n) is 9.22.